The molecule has 0 amide bonds. The van der Waals surface area contributed by atoms with E-state index < -0.39 is 0 Å². The summed E-state index contributed by atoms with van der Waals surface area (Å²) in [7, 11) is 0. The maximum atomic E-state index is 8.79. The molecule has 0 spiro atoms. The Labute approximate surface area is 72.7 Å². The first-order chi connectivity index (χ1) is 5.66. The molecule has 0 saturated carbocycles. The summed E-state index contributed by atoms with van der Waals surface area (Å²) < 4.78 is 0. The van der Waals surface area contributed by atoms with Crippen LogP contribution in [0.3, 0.4) is 0 Å². The van der Waals surface area contributed by atoms with Gasteiger partial charge in [0.2, 0.25) is 0 Å². The third-order valence-electron chi connectivity index (χ3n) is 2.38. The molecule has 0 heterocycles. The summed E-state index contributed by atoms with van der Waals surface area (Å²) in [5, 5.41) is 8.79. The normalized spacial score (nSPS) is 29.6. The van der Waals surface area contributed by atoms with Crippen LogP contribution in [0, 0.1) is 5.92 Å². The Hall–Kier alpha value is -0.800. The van der Waals surface area contributed by atoms with Crippen LogP contribution in [0.4, 0.5) is 0 Å². The second-order valence-corrected chi connectivity index (χ2v) is 3.18. The zero-order valence-corrected chi connectivity index (χ0v) is 7.33. The number of aliphatic hydroxyl groups is 1. The summed E-state index contributed by atoms with van der Waals surface area (Å²) in [5.74, 6) is 0.252. The summed E-state index contributed by atoms with van der Waals surface area (Å²) >= 11 is 0. The van der Waals surface area contributed by atoms with Crippen molar-refractivity contribution < 1.29 is 5.11 Å². The second-order valence-electron chi connectivity index (χ2n) is 3.18. The molecule has 1 aliphatic carbocycles. The Morgan fingerprint density at radius 1 is 1.58 bits per heavy atom. The first-order valence-electron chi connectivity index (χ1n) is 4.20. The van der Waals surface area contributed by atoms with Gasteiger partial charge in [-0.25, -0.2) is 0 Å². The quantitative estimate of drug-likeness (QED) is 0.548. The standard InChI is InChI=1S/C9H16N2O/c1-6-7(4-5-12)9(11)3-2-8(6)10/h2-3,6,8,12H,4-5,10-11H2,1H3. The van der Waals surface area contributed by atoms with Crippen LogP contribution in [-0.4, -0.2) is 17.8 Å². The van der Waals surface area contributed by atoms with Gasteiger partial charge < -0.3 is 16.6 Å². The molecule has 12 heavy (non-hydrogen) atoms. The molecule has 3 nitrogen and oxygen atoms in total. The highest BCUT2D eigenvalue weighted by atomic mass is 16.2. The Balaban J connectivity index is 2.82. The fourth-order valence-corrected chi connectivity index (χ4v) is 1.48. The van der Waals surface area contributed by atoms with Gasteiger partial charge in [0.1, 0.15) is 0 Å². The molecule has 0 saturated heterocycles. The lowest BCUT2D eigenvalue weighted by Crippen LogP contribution is -2.31. The van der Waals surface area contributed by atoms with E-state index in [0.29, 0.717) is 6.42 Å². The van der Waals surface area contributed by atoms with Gasteiger partial charge in [0.15, 0.2) is 0 Å². The van der Waals surface area contributed by atoms with Crippen molar-refractivity contribution >= 4 is 0 Å². The molecular weight excluding hydrogens is 152 g/mol. The largest absolute Gasteiger partial charge is 0.399 e. The summed E-state index contributed by atoms with van der Waals surface area (Å²) in [6, 6.07) is 0.0406. The van der Waals surface area contributed by atoms with Gasteiger partial charge in [-0.2, -0.15) is 0 Å². The maximum absolute atomic E-state index is 8.79. The molecular formula is C9H16N2O. The van der Waals surface area contributed by atoms with E-state index in [9.17, 15) is 0 Å². The van der Waals surface area contributed by atoms with Crippen LogP contribution < -0.4 is 11.5 Å². The number of hydrogen-bond donors (Lipinski definition) is 3. The van der Waals surface area contributed by atoms with Crippen molar-refractivity contribution in [1.29, 1.82) is 0 Å². The Morgan fingerprint density at radius 2 is 2.25 bits per heavy atom. The molecule has 0 aliphatic heterocycles. The minimum Gasteiger partial charge on any atom is -0.399 e. The van der Waals surface area contributed by atoms with Gasteiger partial charge in [-0.1, -0.05) is 13.0 Å². The van der Waals surface area contributed by atoms with Crippen molar-refractivity contribution in [3.63, 3.8) is 0 Å². The second kappa shape index (κ2) is 3.74. The molecule has 1 rings (SSSR count). The highest BCUT2D eigenvalue weighted by Gasteiger charge is 2.19. The summed E-state index contributed by atoms with van der Waals surface area (Å²) in [5.41, 5.74) is 13.4. The van der Waals surface area contributed by atoms with Crippen molar-refractivity contribution in [1.82, 2.24) is 0 Å². The minimum absolute atomic E-state index is 0.0406. The SMILES string of the molecule is CC1C(CCO)=C(N)C=CC1N. The average Bonchev–Trinajstić information content (AvgIpc) is 2.06. The van der Waals surface area contributed by atoms with E-state index in [2.05, 4.69) is 0 Å². The zero-order chi connectivity index (χ0) is 9.14. The van der Waals surface area contributed by atoms with Crippen molar-refractivity contribution in [2.45, 2.75) is 19.4 Å². The minimum atomic E-state index is 0.0406. The van der Waals surface area contributed by atoms with E-state index in [1.807, 2.05) is 19.1 Å². The molecule has 2 atom stereocenters. The Bertz CT molecular complexity index is 221. The molecule has 2 unspecified atom stereocenters. The summed E-state index contributed by atoms with van der Waals surface area (Å²) in [6.45, 7) is 2.17. The predicted octanol–water partition coefficient (Wildman–Crippen LogP) is 0.115. The van der Waals surface area contributed by atoms with Gasteiger partial charge in [-0.15, -0.1) is 0 Å². The van der Waals surface area contributed by atoms with Gasteiger partial charge in [-0.05, 0) is 24.0 Å². The molecule has 5 N–H and O–H groups in total. The lowest BCUT2D eigenvalue weighted by Gasteiger charge is -2.25. The van der Waals surface area contributed by atoms with Crippen LogP contribution >= 0.6 is 0 Å². The number of aliphatic hydroxyl groups excluding tert-OH is 1. The van der Waals surface area contributed by atoms with Gasteiger partial charge in [0, 0.05) is 18.3 Å². The highest BCUT2D eigenvalue weighted by Crippen LogP contribution is 2.24. The fraction of sp³-hybridized carbons (Fsp3) is 0.556. The van der Waals surface area contributed by atoms with Gasteiger partial charge in [0.05, 0.1) is 0 Å². The van der Waals surface area contributed by atoms with E-state index in [4.69, 9.17) is 16.6 Å². The first-order valence-corrected chi connectivity index (χ1v) is 4.20. The molecule has 0 fully saturated rings. The molecule has 68 valence electrons. The van der Waals surface area contributed by atoms with E-state index in [1.165, 1.54) is 0 Å². The van der Waals surface area contributed by atoms with Gasteiger partial charge in [-0.3, -0.25) is 0 Å². The summed E-state index contributed by atoms with van der Waals surface area (Å²) in [6.07, 6.45) is 4.36. The molecule has 0 aromatic heterocycles. The topological polar surface area (TPSA) is 72.3 Å². The third-order valence-corrected chi connectivity index (χ3v) is 2.38. The van der Waals surface area contributed by atoms with Crippen LogP contribution in [-0.2, 0) is 0 Å². The zero-order valence-electron chi connectivity index (χ0n) is 7.33. The number of rotatable bonds is 2. The van der Waals surface area contributed by atoms with E-state index in [-0.39, 0.29) is 18.6 Å². The van der Waals surface area contributed by atoms with Crippen LogP contribution in [0.25, 0.3) is 0 Å². The van der Waals surface area contributed by atoms with E-state index in [0.717, 1.165) is 11.3 Å². The van der Waals surface area contributed by atoms with Crippen molar-refractivity contribution in [3.05, 3.63) is 23.4 Å². The van der Waals surface area contributed by atoms with Crippen LogP contribution in [0.2, 0.25) is 0 Å². The van der Waals surface area contributed by atoms with Crippen LogP contribution in [0.15, 0.2) is 23.4 Å². The summed E-state index contributed by atoms with van der Waals surface area (Å²) in [4.78, 5) is 0. The van der Waals surface area contributed by atoms with E-state index in [1.54, 1.807) is 0 Å². The van der Waals surface area contributed by atoms with Crippen LogP contribution in [0.5, 0.6) is 0 Å². The molecule has 3 heteroatoms. The molecule has 0 aromatic rings. The molecule has 0 bridgehead atoms. The maximum Gasteiger partial charge on any atom is 0.0469 e. The molecule has 0 aromatic carbocycles. The molecule has 1 aliphatic rings. The van der Waals surface area contributed by atoms with Gasteiger partial charge in [0.25, 0.3) is 0 Å². The lowest BCUT2D eigenvalue weighted by atomic mass is 9.86. The number of allylic oxidation sites excluding steroid dienone is 1. The third kappa shape index (κ3) is 1.68. The predicted molar refractivity (Wildman–Crippen MR) is 49.2 cm³/mol. The monoisotopic (exact) mass is 168 g/mol. The first kappa shape index (κ1) is 9.29. The number of nitrogens with two attached hydrogens (primary N) is 2. The molecule has 0 radical (unpaired) electrons. The highest BCUT2D eigenvalue weighted by molar-refractivity contribution is 5.31. The smallest absolute Gasteiger partial charge is 0.0469 e. The van der Waals surface area contributed by atoms with Gasteiger partial charge >= 0.3 is 0 Å². The average molecular weight is 168 g/mol. The van der Waals surface area contributed by atoms with Crippen LogP contribution in [0.1, 0.15) is 13.3 Å². The Morgan fingerprint density at radius 3 is 2.83 bits per heavy atom. The van der Waals surface area contributed by atoms with E-state index >= 15 is 0 Å². The lowest BCUT2D eigenvalue weighted by molar-refractivity contribution is 0.292. The Kier molecular flexibility index (Phi) is 2.89. The van der Waals surface area contributed by atoms with Crippen molar-refractivity contribution in [2.75, 3.05) is 6.61 Å². The van der Waals surface area contributed by atoms with Crippen molar-refractivity contribution in [2.24, 2.45) is 17.4 Å². The number of hydrogen-bond acceptors (Lipinski definition) is 3. The van der Waals surface area contributed by atoms with Crippen molar-refractivity contribution in [3.8, 4) is 0 Å². The fourth-order valence-electron chi connectivity index (χ4n) is 1.48.